The summed E-state index contributed by atoms with van der Waals surface area (Å²) in [5, 5.41) is 42.9. The Morgan fingerprint density at radius 2 is 2.00 bits per heavy atom. The summed E-state index contributed by atoms with van der Waals surface area (Å²) in [5.41, 5.74) is 1.43. The molecule has 0 radical (unpaired) electrons. The molecular formula is C17H18ClN5O5. The fraction of sp³-hybridized carbons (Fsp3) is 0.353. The van der Waals surface area contributed by atoms with Gasteiger partial charge in [0.1, 0.15) is 30.4 Å². The Balaban J connectivity index is 1.60. The number of hydrogen-bond acceptors (Lipinski definition) is 9. The fourth-order valence-corrected chi connectivity index (χ4v) is 3.31. The molecule has 0 bridgehead atoms. The molecule has 0 saturated carbocycles. The van der Waals surface area contributed by atoms with Crippen molar-refractivity contribution in [2.75, 3.05) is 11.9 Å². The zero-order valence-electron chi connectivity index (χ0n) is 14.5. The number of imidazole rings is 1. The van der Waals surface area contributed by atoms with Crippen LogP contribution in [0.15, 0.2) is 30.9 Å². The normalized spacial score (nSPS) is 24.7. The van der Waals surface area contributed by atoms with Crippen molar-refractivity contribution in [1.29, 1.82) is 0 Å². The number of phenols is 1. The van der Waals surface area contributed by atoms with Crippen LogP contribution in [0.5, 0.6) is 5.75 Å². The predicted molar refractivity (Wildman–Crippen MR) is 98.8 cm³/mol. The molecule has 148 valence electrons. The van der Waals surface area contributed by atoms with Crippen molar-refractivity contribution in [3.8, 4) is 5.75 Å². The summed E-state index contributed by atoms with van der Waals surface area (Å²) in [4.78, 5) is 12.6. The van der Waals surface area contributed by atoms with Gasteiger partial charge in [0.25, 0.3) is 0 Å². The van der Waals surface area contributed by atoms with E-state index in [2.05, 4.69) is 20.3 Å². The van der Waals surface area contributed by atoms with E-state index in [1.54, 1.807) is 12.1 Å². The van der Waals surface area contributed by atoms with Crippen LogP contribution in [0, 0.1) is 0 Å². The van der Waals surface area contributed by atoms with Gasteiger partial charge in [-0.15, -0.1) is 0 Å². The van der Waals surface area contributed by atoms with Crippen molar-refractivity contribution in [2.24, 2.45) is 0 Å². The van der Waals surface area contributed by atoms with Gasteiger partial charge < -0.3 is 30.5 Å². The van der Waals surface area contributed by atoms with Gasteiger partial charge in [-0.05, 0) is 12.1 Å². The monoisotopic (exact) mass is 407 g/mol. The van der Waals surface area contributed by atoms with Gasteiger partial charge in [0, 0.05) is 17.1 Å². The Bertz CT molecular complexity index is 999. The van der Waals surface area contributed by atoms with Crippen LogP contribution >= 0.6 is 11.6 Å². The molecule has 3 heterocycles. The van der Waals surface area contributed by atoms with Gasteiger partial charge in [0.15, 0.2) is 23.2 Å². The lowest BCUT2D eigenvalue weighted by atomic mass is 10.1. The van der Waals surface area contributed by atoms with Gasteiger partial charge in [0.2, 0.25) is 0 Å². The predicted octanol–water partition coefficient (Wildman–Crippen LogP) is 0.409. The number of phenolic OH excluding ortho intramolecular Hbond substituents is 1. The Morgan fingerprint density at radius 3 is 2.71 bits per heavy atom. The van der Waals surface area contributed by atoms with E-state index < -0.39 is 31.1 Å². The maximum Gasteiger partial charge on any atom is 0.167 e. The molecule has 1 aromatic carbocycles. The van der Waals surface area contributed by atoms with E-state index in [1.807, 2.05) is 0 Å². The minimum Gasteiger partial charge on any atom is -0.508 e. The number of hydrogen-bond donors (Lipinski definition) is 5. The number of ether oxygens (including phenoxy) is 1. The summed E-state index contributed by atoms with van der Waals surface area (Å²) < 4.78 is 7.01. The van der Waals surface area contributed by atoms with Crippen molar-refractivity contribution in [2.45, 2.75) is 31.1 Å². The van der Waals surface area contributed by atoms with Crippen LogP contribution in [0.1, 0.15) is 11.8 Å². The van der Waals surface area contributed by atoms with Crippen molar-refractivity contribution in [3.63, 3.8) is 0 Å². The minimum absolute atomic E-state index is 0.0577. The second kappa shape index (κ2) is 7.49. The molecule has 1 saturated heterocycles. The quantitative estimate of drug-likeness (QED) is 0.405. The molecule has 0 aliphatic carbocycles. The van der Waals surface area contributed by atoms with Gasteiger partial charge in [-0.25, -0.2) is 15.0 Å². The second-order valence-corrected chi connectivity index (χ2v) is 6.84. The highest BCUT2D eigenvalue weighted by Gasteiger charge is 2.44. The summed E-state index contributed by atoms with van der Waals surface area (Å²) in [6.07, 6.45) is -1.56. The molecule has 3 aromatic rings. The number of aromatic hydroxyl groups is 1. The average molecular weight is 408 g/mol. The first kappa shape index (κ1) is 18.8. The third-order valence-corrected chi connectivity index (χ3v) is 4.88. The summed E-state index contributed by atoms with van der Waals surface area (Å²) in [6.45, 7) is -0.149. The van der Waals surface area contributed by atoms with Crippen LogP contribution in [-0.2, 0) is 11.3 Å². The lowest BCUT2D eigenvalue weighted by Gasteiger charge is -2.16. The topological polar surface area (TPSA) is 146 Å². The van der Waals surface area contributed by atoms with Crippen molar-refractivity contribution in [1.82, 2.24) is 19.5 Å². The SMILES string of the molecule is OC[C@H]1OC(n2cnc3c(NCc4ccc(Cl)cc4O)ncnc32)[C@H](O)[C@@H]1O. The lowest BCUT2D eigenvalue weighted by Crippen LogP contribution is -2.33. The highest BCUT2D eigenvalue weighted by Crippen LogP contribution is 2.32. The molecule has 1 aliphatic rings. The summed E-state index contributed by atoms with van der Waals surface area (Å²) in [5.74, 6) is 0.479. The largest absolute Gasteiger partial charge is 0.508 e. The Morgan fingerprint density at radius 1 is 1.18 bits per heavy atom. The van der Waals surface area contributed by atoms with Crippen LogP contribution in [0.2, 0.25) is 5.02 Å². The molecule has 28 heavy (non-hydrogen) atoms. The number of aromatic nitrogens is 4. The molecule has 1 aliphatic heterocycles. The summed E-state index contributed by atoms with van der Waals surface area (Å²) in [7, 11) is 0. The number of rotatable bonds is 5. The molecule has 2 aromatic heterocycles. The first-order valence-corrected chi connectivity index (χ1v) is 8.88. The maximum atomic E-state index is 10.2. The first-order valence-electron chi connectivity index (χ1n) is 8.51. The Kier molecular flexibility index (Phi) is 5.04. The smallest absolute Gasteiger partial charge is 0.167 e. The van der Waals surface area contributed by atoms with Crippen molar-refractivity contribution >= 4 is 28.6 Å². The van der Waals surface area contributed by atoms with Gasteiger partial charge in [-0.2, -0.15) is 0 Å². The molecule has 1 fully saturated rings. The number of aliphatic hydroxyl groups is 3. The number of fused-ring (bicyclic) bond motifs is 1. The van der Waals surface area contributed by atoms with Crippen LogP contribution in [0.4, 0.5) is 5.82 Å². The van der Waals surface area contributed by atoms with Gasteiger partial charge in [-0.1, -0.05) is 17.7 Å². The Hall–Kier alpha value is -2.50. The summed E-state index contributed by atoms with van der Waals surface area (Å²) in [6, 6.07) is 4.82. The molecule has 4 rings (SSSR count). The standard InChI is InChI=1S/C17H18ClN5O5/c18-9-2-1-8(10(25)3-9)4-19-15-12-16(21-6-20-15)23(7-22-12)17-14(27)13(26)11(5-24)28-17/h1-3,6-7,11,13-14,17,24-27H,4-5H2,(H,19,20,21)/t11-,13-,14-,17?/m1/s1. The van der Waals surface area contributed by atoms with E-state index in [0.717, 1.165) is 0 Å². The van der Waals surface area contributed by atoms with Crippen LogP contribution < -0.4 is 5.32 Å². The van der Waals surface area contributed by atoms with Gasteiger partial charge in [0.05, 0.1) is 12.9 Å². The van der Waals surface area contributed by atoms with E-state index in [4.69, 9.17) is 16.3 Å². The molecule has 11 heteroatoms. The zero-order chi connectivity index (χ0) is 19.8. The second-order valence-electron chi connectivity index (χ2n) is 6.40. The van der Waals surface area contributed by atoms with Crippen LogP contribution in [0.25, 0.3) is 11.2 Å². The zero-order valence-corrected chi connectivity index (χ0v) is 15.2. The summed E-state index contributed by atoms with van der Waals surface area (Å²) >= 11 is 5.84. The van der Waals surface area contributed by atoms with E-state index in [1.165, 1.54) is 23.3 Å². The molecular weight excluding hydrogens is 390 g/mol. The Labute approximate surface area is 164 Å². The van der Waals surface area contributed by atoms with E-state index in [0.29, 0.717) is 27.6 Å². The molecule has 5 N–H and O–H groups in total. The van der Waals surface area contributed by atoms with E-state index >= 15 is 0 Å². The number of benzene rings is 1. The third-order valence-electron chi connectivity index (χ3n) is 4.64. The van der Waals surface area contributed by atoms with E-state index in [9.17, 15) is 20.4 Å². The number of nitrogens with zero attached hydrogens (tertiary/aromatic N) is 4. The molecule has 10 nitrogen and oxygen atoms in total. The first-order chi connectivity index (χ1) is 13.5. The van der Waals surface area contributed by atoms with Crippen LogP contribution in [-0.4, -0.2) is 64.9 Å². The highest BCUT2D eigenvalue weighted by molar-refractivity contribution is 6.30. The number of aliphatic hydroxyl groups excluding tert-OH is 3. The maximum absolute atomic E-state index is 10.2. The average Bonchev–Trinajstić information content (AvgIpc) is 3.23. The van der Waals surface area contributed by atoms with Crippen molar-refractivity contribution in [3.05, 3.63) is 41.4 Å². The fourth-order valence-electron chi connectivity index (χ4n) is 3.14. The number of nitrogens with one attached hydrogen (secondary N) is 1. The molecule has 0 amide bonds. The van der Waals surface area contributed by atoms with Crippen LogP contribution in [0.3, 0.4) is 0 Å². The van der Waals surface area contributed by atoms with Gasteiger partial charge in [-0.3, -0.25) is 4.57 Å². The molecule has 4 atom stereocenters. The number of anilines is 1. The van der Waals surface area contributed by atoms with Crippen molar-refractivity contribution < 1.29 is 25.2 Å². The molecule has 0 spiro atoms. The minimum atomic E-state index is -1.24. The third kappa shape index (κ3) is 3.25. The van der Waals surface area contributed by atoms with Gasteiger partial charge >= 0.3 is 0 Å². The molecule has 1 unspecified atom stereocenters. The van der Waals surface area contributed by atoms with E-state index in [-0.39, 0.29) is 12.3 Å². The lowest BCUT2D eigenvalue weighted by molar-refractivity contribution is -0.0511. The highest BCUT2D eigenvalue weighted by atomic mass is 35.5. The number of halogens is 1.